The van der Waals surface area contributed by atoms with Gasteiger partial charge in [-0.05, 0) is 47.4 Å². The molecule has 0 saturated carbocycles. The Labute approximate surface area is 164 Å². The number of rotatable bonds is 7. The molecule has 2 N–H and O–H groups in total. The second kappa shape index (κ2) is 9.41. The van der Waals surface area contributed by atoms with E-state index >= 15 is 0 Å². The minimum atomic E-state index is -0.211. The number of pyridine rings is 2. The normalized spacial score (nSPS) is 10.3. The fourth-order valence-electron chi connectivity index (χ4n) is 2.85. The summed E-state index contributed by atoms with van der Waals surface area (Å²) in [5, 5.41) is 5.72. The first-order valence-electron chi connectivity index (χ1n) is 9.09. The zero-order chi connectivity index (χ0) is 19.8. The molecule has 142 valence electrons. The van der Waals surface area contributed by atoms with Crippen LogP contribution in [-0.4, -0.2) is 28.3 Å². The molecule has 0 radical (unpaired) electrons. The average Bonchev–Trinajstić information content (AvgIpc) is 2.73. The van der Waals surface area contributed by atoms with Crippen LogP contribution in [0.3, 0.4) is 0 Å². The molecule has 2 heterocycles. The van der Waals surface area contributed by atoms with Crippen LogP contribution < -0.4 is 10.6 Å². The van der Waals surface area contributed by atoms with Gasteiger partial charge >= 0.3 is 0 Å². The summed E-state index contributed by atoms with van der Waals surface area (Å²) in [7, 11) is 0. The number of carbonyl (C=O) groups excluding carboxylic acids is 2. The van der Waals surface area contributed by atoms with Gasteiger partial charge in [0.2, 0.25) is 5.91 Å². The first-order valence-corrected chi connectivity index (χ1v) is 9.09. The number of hydrogen-bond donors (Lipinski definition) is 2. The minimum Gasteiger partial charge on any atom is -0.352 e. The molecular formula is C22H22N4O2. The van der Waals surface area contributed by atoms with Gasteiger partial charge in [-0.25, -0.2) is 0 Å². The van der Waals surface area contributed by atoms with E-state index in [9.17, 15) is 9.59 Å². The van der Waals surface area contributed by atoms with Crippen LogP contribution in [0.5, 0.6) is 0 Å². The second-order valence-corrected chi connectivity index (χ2v) is 6.37. The summed E-state index contributed by atoms with van der Waals surface area (Å²) in [5.41, 5.74) is 4.10. The first kappa shape index (κ1) is 19.2. The molecule has 6 heteroatoms. The third-order valence-corrected chi connectivity index (χ3v) is 4.25. The number of benzene rings is 1. The van der Waals surface area contributed by atoms with Crippen LogP contribution in [0, 0.1) is 0 Å². The van der Waals surface area contributed by atoms with E-state index in [2.05, 4.69) is 20.6 Å². The SMILES string of the molecule is CC(=O)NCc1cccc(-c2cccnc2C(=O)NCCc2ccncc2)c1. The van der Waals surface area contributed by atoms with E-state index in [1.807, 2.05) is 48.5 Å². The summed E-state index contributed by atoms with van der Waals surface area (Å²) >= 11 is 0. The van der Waals surface area contributed by atoms with Crippen LogP contribution in [-0.2, 0) is 17.8 Å². The van der Waals surface area contributed by atoms with Gasteiger partial charge in [-0.1, -0.05) is 24.3 Å². The molecule has 6 nitrogen and oxygen atoms in total. The highest BCUT2D eigenvalue weighted by Gasteiger charge is 2.14. The molecule has 0 unspecified atom stereocenters. The van der Waals surface area contributed by atoms with Crippen molar-refractivity contribution in [1.29, 1.82) is 0 Å². The molecular weight excluding hydrogens is 352 g/mol. The van der Waals surface area contributed by atoms with Gasteiger partial charge in [0.25, 0.3) is 5.91 Å². The molecule has 2 aromatic heterocycles. The number of aromatic nitrogens is 2. The topological polar surface area (TPSA) is 84.0 Å². The summed E-state index contributed by atoms with van der Waals surface area (Å²) in [6.45, 7) is 2.44. The van der Waals surface area contributed by atoms with E-state index in [4.69, 9.17) is 0 Å². The molecule has 0 bridgehead atoms. The second-order valence-electron chi connectivity index (χ2n) is 6.37. The Morgan fingerprint density at radius 2 is 1.75 bits per heavy atom. The van der Waals surface area contributed by atoms with Gasteiger partial charge in [0.1, 0.15) is 5.69 Å². The fraction of sp³-hybridized carbons (Fsp3) is 0.182. The van der Waals surface area contributed by atoms with Crippen LogP contribution in [0.2, 0.25) is 0 Å². The predicted octanol–water partition coefficient (Wildman–Crippen LogP) is 2.75. The van der Waals surface area contributed by atoms with Crippen molar-refractivity contribution in [2.24, 2.45) is 0 Å². The molecule has 2 amide bonds. The maximum atomic E-state index is 12.7. The quantitative estimate of drug-likeness (QED) is 0.666. The molecule has 3 aromatic rings. The first-order chi connectivity index (χ1) is 13.6. The number of carbonyl (C=O) groups is 2. The maximum Gasteiger partial charge on any atom is 0.270 e. The largest absolute Gasteiger partial charge is 0.352 e. The van der Waals surface area contributed by atoms with Crippen molar-refractivity contribution in [2.45, 2.75) is 19.9 Å². The molecule has 0 atom stereocenters. The Bertz CT molecular complexity index is 958. The minimum absolute atomic E-state index is 0.0824. The lowest BCUT2D eigenvalue weighted by Crippen LogP contribution is -2.27. The lowest BCUT2D eigenvalue weighted by atomic mass is 10.0. The highest BCUT2D eigenvalue weighted by molar-refractivity contribution is 5.98. The Morgan fingerprint density at radius 1 is 0.929 bits per heavy atom. The lowest BCUT2D eigenvalue weighted by Gasteiger charge is -2.11. The van der Waals surface area contributed by atoms with E-state index < -0.39 is 0 Å². The van der Waals surface area contributed by atoms with Gasteiger partial charge in [0.05, 0.1) is 0 Å². The molecule has 1 aromatic carbocycles. The Balaban J connectivity index is 1.72. The molecule has 0 fully saturated rings. The van der Waals surface area contributed by atoms with Gasteiger partial charge in [-0.3, -0.25) is 19.6 Å². The van der Waals surface area contributed by atoms with Gasteiger partial charge in [-0.2, -0.15) is 0 Å². The van der Waals surface area contributed by atoms with Crippen LogP contribution in [0.4, 0.5) is 0 Å². The molecule has 0 spiro atoms. The Morgan fingerprint density at radius 3 is 2.54 bits per heavy atom. The molecule has 28 heavy (non-hydrogen) atoms. The number of nitrogens with one attached hydrogen (secondary N) is 2. The van der Waals surface area contributed by atoms with Crippen LogP contribution in [0.25, 0.3) is 11.1 Å². The zero-order valence-corrected chi connectivity index (χ0v) is 15.7. The number of nitrogens with zero attached hydrogens (tertiary/aromatic N) is 2. The van der Waals surface area contributed by atoms with Gasteiger partial charge < -0.3 is 10.6 Å². The molecule has 0 aliphatic heterocycles. The lowest BCUT2D eigenvalue weighted by molar-refractivity contribution is -0.119. The molecule has 0 saturated heterocycles. The summed E-state index contributed by atoms with van der Waals surface area (Å²) in [4.78, 5) is 32.1. The zero-order valence-electron chi connectivity index (χ0n) is 15.7. The maximum absolute atomic E-state index is 12.7. The van der Waals surface area contributed by atoms with Gasteiger partial charge in [-0.15, -0.1) is 0 Å². The molecule has 0 aliphatic carbocycles. The van der Waals surface area contributed by atoms with E-state index in [0.717, 1.165) is 28.7 Å². The van der Waals surface area contributed by atoms with Crippen LogP contribution in [0.1, 0.15) is 28.5 Å². The molecule has 3 rings (SSSR count). The van der Waals surface area contributed by atoms with Crippen LogP contribution >= 0.6 is 0 Å². The standard InChI is InChI=1S/C22H22N4O2/c1-16(27)26-15-18-4-2-5-19(14-18)20-6-3-10-24-21(20)22(28)25-13-9-17-7-11-23-12-8-17/h2-8,10-12,14H,9,13,15H2,1H3,(H,25,28)(H,26,27). The predicted molar refractivity (Wildman–Crippen MR) is 107 cm³/mol. The average molecular weight is 374 g/mol. The Kier molecular flexibility index (Phi) is 6.46. The van der Waals surface area contributed by atoms with E-state index in [1.54, 1.807) is 18.6 Å². The highest BCUT2D eigenvalue weighted by Crippen LogP contribution is 2.23. The highest BCUT2D eigenvalue weighted by atomic mass is 16.2. The van der Waals surface area contributed by atoms with Crippen molar-refractivity contribution in [1.82, 2.24) is 20.6 Å². The number of amides is 2. The smallest absolute Gasteiger partial charge is 0.270 e. The molecule has 0 aliphatic rings. The summed E-state index contributed by atoms with van der Waals surface area (Å²) in [5.74, 6) is -0.294. The summed E-state index contributed by atoms with van der Waals surface area (Å²) in [6.07, 6.45) is 5.81. The van der Waals surface area contributed by atoms with Gasteiger partial charge in [0, 0.05) is 44.2 Å². The van der Waals surface area contributed by atoms with E-state index in [-0.39, 0.29) is 11.8 Å². The number of hydrogen-bond acceptors (Lipinski definition) is 4. The van der Waals surface area contributed by atoms with Crippen molar-refractivity contribution in [3.05, 3.63) is 83.9 Å². The van der Waals surface area contributed by atoms with Crippen molar-refractivity contribution >= 4 is 11.8 Å². The van der Waals surface area contributed by atoms with E-state index in [1.165, 1.54) is 6.92 Å². The Hall–Kier alpha value is -3.54. The third kappa shape index (κ3) is 5.23. The van der Waals surface area contributed by atoms with Crippen molar-refractivity contribution in [2.75, 3.05) is 6.54 Å². The monoisotopic (exact) mass is 374 g/mol. The van der Waals surface area contributed by atoms with Crippen molar-refractivity contribution in [3.63, 3.8) is 0 Å². The van der Waals surface area contributed by atoms with Crippen molar-refractivity contribution in [3.8, 4) is 11.1 Å². The summed E-state index contributed by atoms with van der Waals surface area (Å²) in [6, 6.07) is 15.3. The van der Waals surface area contributed by atoms with Crippen molar-refractivity contribution < 1.29 is 9.59 Å². The fourth-order valence-corrected chi connectivity index (χ4v) is 2.85. The van der Waals surface area contributed by atoms with Crippen LogP contribution in [0.15, 0.2) is 67.1 Å². The van der Waals surface area contributed by atoms with E-state index in [0.29, 0.717) is 18.8 Å². The van der Waals surface area contributed by atoms with Gasteiger partial charge in [0.15, 0.2) is 0 Å². The third-order valence-electron chi connectivity index (χ3n) is 4.25. The summed E-state index contributed by atoms with van der Waals surface area (Å²) < 4.78 is 0.